The van der Waals surface area contributed by atoms with E-state index in [-0.39, 0.29) is 0 Å². The van der Waals surface area contributed by atoms with Gasteiger partial charge in [-0.25, -0.2) is 0 Å². The van der Waals surface area contributed by atoms with Crippen LogP contribution in [0.15, 0.2) is 84.9 Å². The Morgan fingerprint density at radius 3 is 1.32 bits per heavy atom. The van der Waals surface area contributed by atoms with Gasteiger partial charge in [-0.1, -0.05) is 42.3 Å². The number of para-hydroxylation sites is 2. The predicted octanol–water partition coefficient (Wildman–Crippen LogP) is 8.04. The Hall–Kier alpha value is -3.76. The fourth-order valence-electron chi connectivity index (χ4n) is 4.51. The number of aryl methyl sites for hydroxylation is 4. The molecular formula is C30H27N. The van der Waals surface area contributed by atoms with Crippen molar-refractivity contribution in [3.05, 3.63) is 113 Å². The number of benzene rings is 4. The van der Waals surface area contributed by atoms with Crippen LogP contribution < -0.4 is 4.90 Å². The maximum Gasteiger partial charge on any atom is 0.0467 e. The van der Waals surface area contributed by atoms with E-state index < -0.39 is 0 Å². The molecule has 0 heterocycles. The van der Waals surface area contributed by atoms with Gasteiger partial charge in [0.1, 0.15) is 0 Å². The van der Waals surface area contributed by atoms with E-state index >= 15 is 0 Å². The molecule has 0 unspecified atom stereocenters. The molecule has 0 aliphatic rings. The highest BCUT2D eigenvalue weighted by Crippen LogP contribution is 2.40. The summed E-state index contributed by atoms with van der Waals surface area (Å²) < 4.78 is 0. The van der Waals surface area contributed by atoms with E-state index in [9.17, 15) is 0 Å². The van der Waals surface area contributed by atoms with E-state index in [0.717, 1.165) is 22.6 Å². The topological polar surface area (TPSA) is 3.24 Å². The minimum Gasteiger partial charge on any atom is -0.310 e. The summed E-state index contributed by atoms with van der Waals surface area (Å²) in [5.74, 6) is 2.77. The quantitative estimate of drug-likeness (QED) is 0.313. The van der Waals surface area contributed by atoms with Gasteiger partial charge in [-0.05, 0) is 110 Å². The molecule has 4 aromatic rings. The largest absolute Gasteiger partial charge is 0.310 e. The second-order valence-electron chi connectivity index (χ2n) is 8.09. The van der Waals surface area contributed by atoms with Gasteiger partial charge in [-0.3, -0.25) is 0 Å². The Labute approximate surface area is 186 Å². The lowest BCUT2D eigenvalue weighted by molar-refractivity contribution is 1.25. The first-order chi connectivity index (χ1) is 15.0. The van der Waals surface area contributed by atoms with Crippen LogP contribution in [0.1, 0.15) is 27.8 Å². The van der Waals surface area contributed by atoms with Crippen molar-refractivity contribution in [2.75, 3.05) is 4.90 Å². The third-order valence-electron chi connectivity index (χ3n) is 5.75. The van der Waals surface area contributed by atoms with Gasteiger partial charge in [0, 0.05) is 22.6 Å². The smallest absolute Gasteiger partial charge is 0.0467 e. The Kier molecular flexibility index (Phi) is 5.65. The van der Waals surface area contributed by atoms with Crippen LogP contribution in [0.5, 0.6) is 0 Å². The summed E-state index contributed by atoms with van der Waals surface area (Å²) in [6, 6.07) is 29.8. The van der Waals surface area contributed by atoms with Crippen molar-refractivity contribution in [3.8, 4) is 23.5 Å². The van der Waals surface area contributed by atoms with Crippen LogP contribution in [0.25, 0.3) is 11.1 Å². The number of nitrogens with zero attached hydrogens (tertiary/aromatic N) is 1. The minimum absolute atomic E-state index is 0.935. The Balaban J connectivity index is 1.89. The van der Waals surface area contributed by atoms with E-state index in [4.69, 9.17) is 6.42 Å². The molecule has 0 atom stereocenters. The molecule has 0 aliphatic heterocycles. The molecule has 0 aromatic heterocycles. The molecule has 0 bridgehead atoms. The zero-order chi connectivity index (χ0) is 22.0. The van der Waals surface area contributed by atoms with Crippen LogP contribution in [0, 0.1) is 40.0 Å². The fraction of sp³-hybridized carbons (Fsp3) is 0.133. The van der Waals surface area contributed by atoms with Gasteiger partial charge >= 0.3 is 0 Å². The molecule has 0 aliphatic carbocycles. The molecule has 0 amide bonds. The standard InChI is InChI=1S/C30H27N/c1-6-25-17-21(2)29(22(3)18-25)30-23(4)19-28(20-24(30)5)31(26-13-9-7-10-14-26)27-15-11-8-12-16-27/h1,7-20H,2-5H3. The molecule has 152 valence electrons. The van der Waals surface area contributed by atoms with Gasteiger partial charge in [0.2, 0.25) is 0 Å². The molecule has 0 spiro atoms. The van der Waals surface area contributed by atoms with Crippen LogP contribution in [0.3, 0.4) is 0 Å². The molecule has 0 fully saturated rings. The van der Waals surface area contributed by atoms with Crippen molar-refractivity contribution in [1.29, 1.82) is 0 Å². The number of rotatable bonds is 4. The van der Waals surface area contributed by atoms with Gasteiger partial charge in [0.15, 0.2) is 0 Å². The number of hydrogen-bond acceptors (Lipinski definition) is 1. The lowest BCUT2D eigenvalue weighted by atomic mass is 9.88. The van der Waals surface area contributed by atoms with Crippen molar-refractivity contribution in [1.82, 2.24) is 0 Å². The van der Waals surface area contributed by atoms with Crippen molar-refractivity contribution < 1.29 is 0 Å². The highest BCUT2D eigenvalue weighted by molar-refractivity contribution is 5.83. The van der Waals surface area contributed by atoms with Gasteiger partial charge in [-0.15, -0.1) is 6.42 Å². The van der Waals surface area contributed by atoms with Crippen LogP contribution >= 0.6 is 0 Å². The first-order valence-electron chi connectivity index (χ1n) is 10.6. The van der Waals surface area contributed by atoms with E-state index in [1.165, 1.54) is 33.4 Å². The maximum absolute atomic E-state index is 5.64. The lowest BCUT2D eigenvalue weighted by Gasteiger charge is -2.27. The summed E-state index contributed by atoms with van der Waals surface area (Å²) in [6.45, 7) is 8.70. The van der Waals surface area contributed by atoms with Crippen molar-refractivity contribution in [2.45, 2.75) is 27.7 Å². The fourth-order valence-corrected chi connectivity index (χ4v) is 4.51. The van der Waals surface area contributed by atoms with Crippen molar-refractivity contribution in [2.24, 2.45) is 0 Å². The summed E-state index contributed by atoms with van der Waals surface area (Å²) in [6.07, 6.45) is 5.64. The molecule has 0 N–H and O–H groups in total. The molecule has 0 radical (unpaired) electrons. The molecular weight excluding hydrogens is 374 g/mol. The predicted molar refractivity (Wildman–Crippen MR) is 133 cm³/mol. The minimum atomic E-state index is 0.935. The zero-order valence-electron chi connectivity index (χ0n) is 18.6. The Morgan fingerprint density at radius 2 is 0.935 bits per heavy atom. The highest BCUT2D eigenvalue weighted by Gasteiger charge is 2.17. The van der Waals surface area contributed by atoms with E-state index in [2.05, 4.69) is 123 Å². The normalized spacial score (nSPS) is 10.5. The van der Waals surface area contributed by atoms with Gasteiger partial charge in [0.25, 0.3) is 0 Å². The van der Waals surface area contributed by atoms with Gasteiger partial charge < -0.3 is 4.90 Å². The third-order valence-corrected chi connectivity index (χ3v) is 5.75. The molecule has 1 nitrogen and oxygen atoms in total. The Morgan fingerprint density at radius 1 is 0.548 bits per heavy atom. The number of terminal acetylenes is 1. The summed E-state index contributed by atoms with van der Waals surface area (Å²) in [7, 11) is 0. The van der Waals surface area contributed by atoms with Crippen LogP contribution in [0.2, 0.25) is 0 Å². The monoisotopic (exact) mass is 401 g/mol. The van der Waals surface area contributed by atoms with Gasteiger partial charge in [0.05, 0.1) is 0 Å². The van der Waals surface area contributed by atoms with Crippen molar-refractivity contribution in [3.63, 3.8) is 0 Å². The second-order valence-corrected chi connectivity index (χ2v) is 8.09. The summed E-state index contributed by atoms with van der Waals surface area (Å²) in [5, 5.41) is 0. The molecule has 4 rings (SSSR count). The first kappa shape index (κ1) is 20.5. The van der Waals surface area contributed by atoms with E-state index in [0.29, 0.717) is 0 Å². The molecule has 0 saturated heterocycles. The Bertz CT molecular complexity index is 1180. The van der Waals surface area contributed by atoms with Crippen molar-refractivity contribution >= 4 is 17.1 Å². The summed E-state index contributed by atoms with van der Waals surface area (Å²) in [5.41, 5.74) is 11.9. The van der Waals surface area contributed by atoms with Crippen LogP contribution in [-0.2, 0) is 0 Å². The summed E-state index contributed by atoms with van der Waals surface area (Å²) >= 11 is 0. The van der Waals surface area contributed by atoms with Gasteiger partial charge in [-0.2, -0.15) is 0 Å². The average molecular weight is 402 g/mol. The molecule has 1 heteroatoms. The molecule has 0 saturated carbocycles. The first-order valence-corrected chi connectivity index (χ1v) is 10.6. The van der Waals surface area contributed by atoms with Crippen LogP contribution in [0.4, 0.5) is 17.1 Å². The summed E-state index contributed by atoms with van der Waals surface area (Å²) in [4.78, 5) is 2.31. The van der Waals surface area contributed by atoms with E-state index in [1.54, 1.807) is 0 Å². The molecule has 31 heavy (non-hydrogen) atoms. The lowest BCUT2D eigenvalue weighted by Crippen LogP contribution is -2.10. The average Bonchev–Trinajstić information content (AvgIpc) is 2.76. The SMILES string of the molecule is C#Cc1cc(C)c(-c2c(C)cc(N(c3ccccc3)c3ccccc3)cc2C)c(C)c1. The number of hydrogen-bond donors (Lipinski definition) is 0. The molecule has 4 aromatic carbocycles. The third kappa shape index (κ3) is 3.98. The second kappa shape index (κ2) is 8.54. The number of anilines is 3. The van der Waals surface area contributed by atoms with E-state index in [1.807, 2.05) is 0 Å². The van der Waals surface area contributed by atoms with Crippen LogP contribution in [-0.4, -0.2) is 0 Å². The zero-order valence-corrected chi connectivity index (χ0v) is 18.6. The highest BCUT2D eigenvalue weighted by atomic mass is 15.1. The maximum atomic E-state index is 5.64.